The van der Waals surface area contributed by atoms with Crippen LogP contribution in [0.5, 0.6) is 11.5 Å². The Morgan fingerprint density at radius 1 is 1.11 bits per heavy atom. The van der Waals surface area contributed by atoms with Crippen LogP contribution in [0.2, 0.25) is 0 Å². The van der Waals surface area contributed by atoms with E-state index in [9.17, 15) is 9.59 Å². The van der Waals surface area contributed by atoms with Gasteiger partial charge in [-0.3, -0.25) is 9.69 Å². The van der Waals surface area contributed by atoms with E-state index in [0.717, 1.165) is 22.4 Å². The monoisotopic (exact) mass is 474 g/mol. The van der Waals surface area contributed by atoms with E-state index >= 15 is 0 Å². The Bertz CT molecular complexity index is 1250. The number of pyridine rings is 1. The largest absolute Gasteiger partial charge is 0.497 e. The highest BCUT2D eigenvalue weighted by Gasteiger charge is 2.33. The molecule has 1 unspecified atom stereocenters. The fourth-order valence-corrected chi connectivity index (χ4v) is 4.12. The second-order valence-electron chi connectivity index (χ2n) is 8.37. The molecule has 2 amide bonds. The van der Waals surface area contributed by atoms with Crippen molar-refractivity contribution >= 4 is 23.6 Å². The lowest BCUT2D eigenvalue weighted by molar-refractivity contribution is -0.118. The van der Waals surface area contributed by atoms with Gasteiger partial charge in [0.05, 0.1) is 13.7 Å². The highest BCUT2D eigenvalue weighted by molar-refractivity contribution is 5.95. The summed E-state index contributed by atoms with van der Waals surface area (Å²) >= 11 is 0. The standard InChI is InChI=1S/C26H26N4O5/c1-33-20-7-3-6-19(13-20)18-5-2-4-17(12-18)14-27-11-10-21-15-30(26(32)35-21)23-9-8-22-25(28-23)29-24(31)16-34-22/h2-9,12-13,21,27H,10-11,14-16H2,1H3,(H,28,29,31). The number of carbonyl (C=O) groups excluding carboxylic acids is 2. The van der Waals surface area contributed by atoms with Gasteiger partial charge >= 0.3 is 6.09 Å². The molecule has 9 nitrogen and oxygen atoms in total. The summed E-state index contributed by atoms with van der Waals surface area (Å²) in [7, 11) is 1.66. The van der Waals surface area contributed by atoms with Crippen molar-refractivity contribution in [3.8, 4) is 22.6 Å². The van der Waals surface area contributed by atoms with Crippen LogP contribution in [-0.4, -0.2) is 49.9 Å². The molecule has 0 spiro atoms. The number of methoxy groups -OCH3 is 1. The Balaban J connectivity index is 1.13. The van der Waals surface area contributed by atoms with E-state index in [2.05, 4.69) is 39.9 Å². The summed E-state index contributed by atoms with van der Waals surface area (Å²) in [5, 5.41) is 6.09. The average Bonchev–Trinajstić information content (AvgIpc) is 3.26. The number of nitrogens with one attached hydrogen (secondary N) is 2. The smallest absolute Gasteiger partial charge is 0.415 e. The summed E-state index contributed by atoms with van der Waals surface area (Å²) in [6.07, 6.45) is -0.0268. The highest BCUT2D eigenvalue weighted by atomic mass is 16.6. The van der Waals surface area contributed by atoms with Crippen LogP contribution in [0, 0.1) is 0 Å². The molecule has 2 N–H and O–H groups in total. The number of rotatable bonds is 8. The Kier molecular flexibility index (Phi) is 6.49. The third-order valence-corrected chi connectivity index (χ3v) is 5.91. The number of aromatic nitrogens is 1. The molecule has 5 rings (SSSR count). The van der Waals surface area contributed by atoms with Crippen molar-refractivity contribution in [1.82, 2.24) is 10.3 Å². The first kappa shape index (κ1) is 22.7. The molecule has 1 atom stereocenters. The molecule has 180 valence electrons. The number of benzene rings is 2. The van der Waals surface area contributed by atoms with Gasteiger partial charge in [0.2, 0.25) is 0 Å². The van der Waals surface area contributed by atoms with Crippen molar-refractivity contribution < 1.29 is 23.8 Å². The molecular weight excluding hydrogens is 448 g/mol. The average molecular weight is 475 g/mol. The number of hydrogen-bond donors (Lipinski definition) is 2. The zero-order valence-electron chi connectivity index (χ0n) is 19.3. The van der Waals surface area contributed by atoms with Gasteiger partial charge in [-0.25, -0.2) is 9.78 Å². The SMILES string of the molecule is COc1cccc(-c2cccc(CNCCC3CN(c4ccc5c(n4)NC(=O)CO5)C(=O)O3)c2)c1. The van der Waals surface area contributed by atoms with Gasteiger partial charge in [-0.05, 0) is 60.0 Å². The van der Waals surface area contributed by atoms with Crippen molar-refractivity contribution in [2.45, 2.75) is 19.1 Å². The van der Waals surface area contributed by atoms with Crippen LogP contribution in [-0.2, 0) is 16.1 Å². The third-order valence-electron chi connectivity index (χ3n) is 5.91. The summed E-state index contributed by atoms with van der Waals surface area (Å²) in [6.45, 7) is 1.75. The van der Waals surface area contributed by atoms with E-state index in [-0.39, 0.29) is 18.6 Å². The molecule has 1 fully saturated rings. The molecule has 2 aromatic carbocycles. The van der Waals surface area contributed by atoms with Gasteiger partial charge in [0.1, 0.15) is 17.7 Å². The van der Waals surface area contributed by atoms with E-state index in [1.807, 2.05) is 24.3 Å². The van der Waals surface area contributed by atoms with Crippen LogP contribution < -0.4 is 25.0 Å². The number of hydrogen-bond acceptors (Lipinski definition) is 7. The Morgan fingerprint density at radius 2 is 1.94 bits per heavy atom. The predicted octanol–water partition coefficient (Wildman–Crippen LogP) is 3.59. The molecule has 0 aliphatic carbocycles. The zero-order chi connectivity index (χ0) is 24.2. The van der Waals surface area contributed by atoms with Crippen LogP contribution in [0.3, 0.4) is 0 Å². The van der Waals surface area contributed by atoms with Gasteiger partial charge in [0, 0.05) is 6.54 Å². The van der Waals surface area contributed by atoms with Crippen LogP contribution in [0.15, 0.2) is 60.7 Å². The van der Waals surface area contributed by atoms with E-state index in [4.69, 9.17) is 14.2 Å². The predicted molar refractivity (Wildman–Crippen MR) is 131 cm³/mol. The van der Waals surface area contributed by atoms with Gasteiger partial charge in [0.25, 0.3) is 5.91 Å². The summed E-state index contributed by atoms with van der Waals surface area (Å²) < 4.78 is 16.2. The maximum absolute atomic E-state index is 12.4. The molecule has 3 heterocycles. The molecule has 0 radical (unpaired) electrons. The number of nitrogens with zero attached hydrogens (tertiary/aromatic N) is 2. The minimum Gasteiger partial charge on any atom is -0.497 e. The molecule has 1 saturated heterocycles. The van der Waals surface area contributed by atoms with E-state index < -0.39 is 6.09 Å². The maximum atomic E-state index is 12.4. The minimum absolute atomic E-state index is 0.0415. The van der Waals surface area contributed by atoms with Gasteiger partial charge < -0.3 is 24.8 Å². The fraction of sp³-hybridized carbons (Fsp3) is 0.269. The second kappa shape index (κ2) is 10.0. The minimum atomic E-state index is -0.448. The van der Waals surface area contributed by atoms with Gasteiger partial charge in [-0.1, -0.05) is 30.3 Å². The Hall–Kier alpha value is -4.11. The van der Waals surface area contributed by atoms with Crippen LogP contribution in [0.4, 0.5) is 16.4 Å². The first-order valence-corrected chi connectivity index (χ1v) is 11.4. The van der Waals surface area contributed by atoms with Crippen LogP contribution in [0.1, 0.15) is 12.0 Å². The molecular formula is C26H26N4O5. The number of fused-ring (bicyclic) bond motifs is 1. The van der Waals surface area contributed by atoms with Crippen molar-refractivity contribution in [2.75, 3.05) is 37.0 Å². The van der Waals surface area contributed by atoms with Crippen molar-refractivity contribution in [3.05, 3.63) is 66.2 Å². The molecule has 2 aliphatic rings. The van der Waals surface area contributed by atoms with Crippen LogP contribution in [0.25, 0.3) is 11.1 Å². The van der Waals surface area contributed by atoms with Crippen molar-refractivity contribution in [2.24, 2.45) is 0 Å². The highest BCUT2D eigenvalue weighted by Crippen LogP contribution is 2.30. The lowest BCUT2D eigenvalue weighted by Gasteiger charge is -2.19. The summed E-state index contributed by atoms with van der Waals surface area (Å²) in [5.41, 5.74) is 3.40. The zero-order valence-corrected chi connectivity index (χ0v) is 19.3. The van der Waals surface area contributed by atoms with Crippen molar-refractivity contribution in [3.63, 3.8) is 0 Å². The lowest BCUT2D eigenvalue weighted by atomic mass is 10.0. The molecule has 0 bridgehead atoms. The van der Waals surface area contributed by atoms with Crippen molar-refractivity contribution in [1.29, 1.82) is 0 Å². The van der Waals surface area contributed by atoms with Crippen LogP contribution >= 0.6 is 0 Å². The first-order chi connectivity index (χ1) is 17.1. The number of anilines is 2. The van der Waals surface area contributed by atoms with E-state index in [0.29, 0.717) is 43.4 Å². The van der Waals surface area contributed by atoms with Gasteiger partial charge in [0.15, 0.2) is 18.2 Å². The summed E-state index contributed by atoms with van der Waals surface area (Å²) in [4.78, 5) is 29.8. The molecule has 3 aromatic rings. The first-order valence-electron chi connectivity index (χ1n) is 11.4. The second-order valence-corrected chi connectivity index (χ2v) is 8.37. The quantitative estimate of drug-likeness (QED) is 0.481. The lowest BCUT2D eigenvalue weighted by Crippen LogP contribution is -2.29. The number of ether oxygens (including phenoxy) is 3. The van der Waals surface area contributed by atoms with Gasteiger partial charge in [-0.2, -0.15) is 0 Å². The number of cyclic esters (lactones) is 1. The maximum Gasteiger partial charge on any atom is 0.415 e. The normalized spacial score (nSPS) is 16.8. The molecule has 1 aromatic heterocycles. The van der Waals surface area contributed by atoms with E-state index in [1.54, 1.807) is 19.2 Å². The van der Waals surface area contributed by atoms with E-state index in [1.165, 1.54) is 4.90 Å². The molecule has 2 aliphatic heterocycles. The Morgan fingerprint density at radius 3 is 2.80 bits per heavy atom. The molecule has 0 saturated carbocycles. The third kappa shape index (κ3) is 5.20. The summed E-state index contributed by atoms with van der Waals surface area (Å²) in [6, 6.07) is 19.7. The molecule has 35 heavy (non-hydrogen) atoms. The summed E-state index contributed by atoms with van der Waals surface area (Å²) in [5.74, 6) is 1.77. The number of amides is 2. The van der Waals surface area contributed by atoms with Gasteiger partial charge in [-0.15, -0.1) is 0 Å². The number of carbonyl (C=O) groups is 2. The molecule has 9 heteroatoms. The Labute approximate surface area is 203 Å². The topological polar surface area (TPSA) is 102 Å². The fourth-order valence-electron chi connectivity index (χ4n) is 4.12.